The molecule has 0 fully saturated rings. The minimum Gasteiger partial charge on any atom is -0.435 e. The molecule has 0 saturated carbocycles. The molecule has 0 spiro atoms. The van der Waals surface area contributed by atoms with Crippen LogP contribution in [0.5, 0.6) is 5.75 Å². The highest BCUT2D eigenvalue weighted by Gasteiger charge is 2.09. The topological polar surface area (TPSA) is 57.0 Å². The molecule has 8 heteroatoms. The zero-order valence-corrected chi connectivity index (χ0v) is 10.8. The van der Waals surface area contributed by atoms with E-state index in [0.717, 1.165) is 5.56 Å². The van der Waals surface area contributed by atoms with Crippen LogP contribution in [0.15, 0.2) is 35.7 Å². The van der Waals surface area contributed by atoms with Crippen LogP contribution in [0.25, 0.3) is 0 Å². The van der Waals surface area contributed by atoms with E-state index in [1.165, 1.54) is 24.7 Å². The van der Waals surface area contributed by atoms with Gasteiger partial charge in [-0.25, -0.2) is 0 Å². The van der Waals surface area contributed by atoms with Crippen molar-refractivity contribution in [1.82, 2.24) is 14.8 Å². The Balaban J connectivity index is 2.11. The lowest BCUT2D eigenvalue weighted by atomic mass is 10.2. The number of benzene rings is 1. The summed E-state index contributed by atoms with van der Waals surface area (Å²) in [6.45, 7) is -2.42. The van der Waals surface area contributed by atoms with E-state index in [0.29, 0.717) is 11.7 Å². The second-order valence-corrected chi connectivity index (χ2v) is 4.99. The first-order valence-corrected chi connectivity index (χ1v) is 6.87. The van der Waals surface area contributed by atoms with Crippen LogP contribution in [0.2, 0.25) is 0 Å². The maximum atomic E-state index is 12.0. The number of halogens is 2. The summed E-state index contributed by atoms with van der Waals surface area (Å²) in [7, 11) is -1.23. The first-order valence-electron chi connectivity index (χ1n) is 5.31. The lowest BCUT2D eigenvalue weighted by Crippen LogP contribution is -2.06. The molecule has 1 unspecified atom stereocenters. The third-order valence-electron chi connectivity index (χ3n) is 2.34. The van der Waals surface area contributed by atoms with Crippen LogP contribution in [0.4, 0.5) is 8.78 Å². The summed E-state index contributed by atoms with van der Waals surface area (Å²) in [4.78, 5) is 0. The summed E-state index contributed by atoms with van der Waals surface area (Å²) in [6.07, 6.45) is 2.99. The van der Waals surface area contributed by atoms with Crippen LogP contribution < -0.4 is 4.74 Å². The number of nitrogens with zero attached hydrogens (tertiary/aromatic N) is 3. The molecule has 2 rings (SSSR count). The maximum absolute atomic E-state index is 12.0. The highest BCUT2D eigenvalue weighted by atomic mass is 32.2. The minimum absolute atomic E-state index is 0.0989. The van der Waals surface area contributed by atoms with Gasteiger partial charge in [0.25, 0.3) is 0 Å². The molecule has 2 aromatic rings. The summed E-state index contributed by atoms with van der Waals surface area (Å²) < 4.78 is 41.3. The molecule has 5 nitrogen and oxygen atoms in total. The molecule has 102 valence electrons. The van der Waals surface area contributed by atoms with Crippen LogP contribution >= 0.6 is 0 Å². The SMILES string of the molecule is CS(=O)c1nncn1Cc1ccc(OC(F)F)cc1. The van der Waals surface area contributed by atoms with Gasteiger partial charge in [-0.15, -0.1) is 10.2 Å². The predicted octanol–water partition coefficient (Wildman–Crippen LogP) is 1.67. The summed E-state index contributed by atoms with van der Waals surface area (Å²) >= 11 is 0. The van der Waals surface area contributed by atoms with Crippen molar-refractivity contribution in [1.29, 1.82) is 0 Å². The quantitative estimate of drug-likeness (QED) is 0.839. The Morgan fingerprint density at radius 1 is 1.37 bits per heavy atom. The van der Waals surface area contributed by atoms with Gasteiger partial charge in [0.15, 0.2) is 0 Å². The van der Waals surface area contributed by atoms with E-state index < -0.39 is 17.4 Å². The minimum atomic E-state index is -2.84. The van der Waals surface area contributed by atoms with Crippen molar-refractivity contribution in [3.63, 3.8) is 0 Å². The maximum Gasteiger partial charge on any atom is 0.387 e. The summed E-state index contributed by atoms with van der Waals surface area (Å²) in [5, 5.41) is 7.82. The number of aromatic nitrogens is 3. The Hall–Kier alpha value is -1.83. The van der Waals surface area contributed by atoms with Gasteiger partial charge in [-0.3, -0.25) is 4.21 Å². The molecule has 19 heavy (non-hydrogen) atoms. The molecule has 0 bridgehead atoms. The first-order chi connectivity index (χ1) is 9.06. The molecule has 1 aromatic heterocycles. The standard InChI is InChI=1S/C11H11F2N3O2S/c1-19(17)11-15-14-7-16(11)6-8-2-4-9(5-3-8)18-10(12)13/h2-5,7,10H,6H2,1H3. The van der Waals surface area contributed by atoms with Gasteiger partial charge in [0.2, 0.25) is 5.16 Å². The molecule has 0 amide bonds. The highest BCUT2D eigenvalue weighted by molar-refractivity contribution is 7.84. The van der Waals surface area contributed by atoms with Crippen molar-refractivity contribution in [3.8, 4) is 5.75 Å². The van der Waals surface area contributed by atoms with Gasteiger partial charge < -0.3 is 9.30 Å². The van der Waals surface area contributed by atoms with Crippen molar-refractivity contribution in [2.45, 2.75) is 18.3 Å². The smallest absolute Gasteiger partial charge is 0.387 e. The largest absolute Gasteiger partial charge is 0.435 e. The fourth-order valence-electron chi connectivity index (χ4n) is 1.55. The molecule has 1 heterocycles. The number of ether oxygens (including phenoxy) is 1. The van der Waals surface area contributed by atoms with E-state index >= 15 is 0 Å². The third kappa shape index (κ3) is 3.57. The van der Waals surface area contributed by atoms with E-state index in [4.69, 9.17) is 0 Å². The summed E-state index contributed by atoms with van der Waals surface area (Å²) in [6, 6.07) is 6.21. The van der Waals surface area contributed by atoms with Crippen molar-refractivity contribution in [3.05, 3.63) is 36.2 Å². The average Bonchev–Trinajstić information content (AvgIpc) is 2.79. The fraction of sp³-hybridized carbons (Fsp3) is 0.273. The first kappa shape index (κ1) is 13.6. The fourth-order valence-corrected chi connectivity index (χ4v) is 2.15. The van der Waals surface area contributed by atoms with E-state index in [1.807, 2.05) is 0 Å². The number of rotatable bonds is 5. The van der Waals surface area contributed by atoms with Crippen LogP contribution in [-0.4, -0.2) is 31.8 Å². The van der Waals surface area contributed by atoms with Gasteiger partial charge in [-0.05, 0) is 17.7 Å². The van der Waals surface area contributed by atoms with Crippen molar-refractivity contribution in [2.24, 2.45) is 0 Å². The van der Waals surface area contributed by atoms with Crippen LogP contribution in [0.1, 0.15) is 5.56 Å². The van der Waals surface area contributed by atoms with E-state index in [1.54, 1.807) is 16.7 Å². The third-order valence-corrected chi connectivity index (χ3v) is 3.17. The predicted molar refractivity (Wildman–Crippen MR) is 64.5 cm³/mol. The molecule has 0 aliphatic heterocycles. The number of hydrogen-bond acceptors (Lipinski definition) is 4. The summed E-state index contributed by atoms with van der Waals surface area (Å²) in [5.41, 5.74) is 0.841. The Labute approximate surface area is 110 Å². The zero-order chi connectivity index (χ0) is 13.8. The Morgan fingerprint density at radius 2 is 2.05 bits per heavy atom. The van der Waals surface area contributed by atoms with Gasteiger partial charge in [0, 0.05) is 6.26 Å². The molecular formula is C11H11F2N3O2S. The Kier molecular flexibility index (Phi) is 4.20. The second-order valence-electron chi connectivity index (χ2n) is 3.72. The zero-order valence-electron chi connectivity index (χ0n) is 9.99. The Bertz CT molecular complexity index is 572. The van der Waals surface area contributed by atoms with Gasteiger partial charge in [0.05, 0.1) is 17.3 Å². The molecule has 0 aliphatic carbocycles. The van der Waals surface area contributed by atoms with Gasteiger partial charge in [0.1, 0.15) is 12.1 Å². The molecular weight excluding hydrogens is 276 g/mol. The van der Waals surface area contributed by atoms with Crippen molar-refractivity contribution in [2.75, 3.05) is 6.26 Å². The molecule has 1 aromatic carbocycles. The molecule has 0 radical (unpaired) electrons. The Morgan fingerprint density at radius 3 is 2.63 bits per heavy atom. The average molecular weight is 287 g/mol. The van der Waals surface area contributed by atoms with Crippen LogP contribution in [0.3, 0.4) is 0 Å². The molecule has 0 N–H and O–H groups in total. The van der Waals surface area contributed by atoms with Gasteiger partial charge in [-0.1, -0.05) is 12.1 Å². The highest BCUT2D eigenvalue weighted by Crippen LogP contribution is 2.16. The van der Waals surface area contributed by atoms with Gasteiger partial charge >= 0.3 is 6.61 Å². The summed E-state index contributed by atoms with van der Waals surface area (Å²) in [5.74, 6) is 0.0989. The van der Waals surface area contributed by atoms with Crippen molar-refractivity contribution < 1.29 is 17.7 Å². The monoisotopic (exact) mass is 287 g/mol. The van der Waals surface area contributed by atoms with E-state index in [2.05, 4.69) is 14.9 Å². The normalized spacial score (nSPS) is 12.6. The number of alkyl halides is 2. The molecule has 1 atom stereocenters. The van der Waals surface area contributed by atoms with Crippen molar-refractivity contribution >= 4 is 10.8 Å². The second kappa shape index (κ2) is 5.87. The van der Waals surface area contributed by atoms with E-state index in [-0.39, 0.29) is 5.75 Å². The number of hydrogen-bond donors (Lipinski definition) is 0. The lowest BCUT2D eigenvalue weighted by Gasteiger charge is -2.07. The van der Waals surface area contributed by atoms with Crippen LogP contribution in [-0.2, 0) is 17.3 Å². The van der Waals surface area contributed by atoms with E-state index in [9.17, 15) is 13.0 Å². The van der Waals surface area contributed by atoms with Gasteiger partial charge in [-0.2, -0.15) is 8.78 Å². The lowest BCUT2D eigenvalue weighted by molar-refractivity contribution is -0.0498. The van der Waals surface area contributed by atoms with Crippen LogP contribution in [0, 0.1) is 0 Å². The molecule has 0 saturated heterocycles. The molecule has 0 aliphatic rings.